The smallest absolute Gasteiger partial charge is 0.361 e. The van der Waals surface area contributed by atoms with Crippen molar-refractivity contribution in [2.24, 2.45) is 5.73 Å². The molecule has 22 heavy (non-hydrogen) atoms. The molecule has 0 aliphatic rings. The topological polar surface area (TPSA) is 81.9 Å². The number of carbonyl (C=O) groups excluding carboxylic acids is 2. The van der Waals surface area contributed by atoms with E-state index in [-0.39, 0.29) is 13.2 Å². The van der Waals surface area contributed by atoms with Gasteiger partial charge in [-0.05, 0) is 11.1 Å². The van der Waals surface area contributed by atoms with Gasteiger partial charge in [-0.25, -0.2) is 9.68 Å². The van der Waals surface area contributed by atoms with E-state index in [0.717, 1.165) is 11.1 Å². The van der Waals surface area contributed by atoms with Gasteiger partial charge in [0.1, 0.15) is 13.2 Å². The van der Waals surface area contributed by atoms with Gasteiger partial charge in [0, 0.05) is 0 Å². The summed E-state index contributed by atoms with van der Waals surface area (Å²) in [5, 5.41) is 0.530. The minimum atomic E-state index is -1.15. The number of amides is 2. The van der Waals surface area contributed by atoms with Crippen molar-refractivity contribution in [3.05, 3.63) is 71.8 Å². The van der Waals surface area contributed by atoms with Gasteiger partial charge in [-0.1, -0.05) is 65.9 Å². The van der Waals surface area contributed by atoms with Crippen molar-refractivity contribution in [3.63, 3.8) is 0 Å². The van der Waals surface area contributed by atoms with Crippen LogP contribution in [0, 0.1) is 0 Å². The summed E-state index contributed by atoms with van der Waals surface area (Å²) >= 11 is 0. The Bertz CT molecular complexity index is 573. The predicted octanol–water partition coefficient (Wildman–Crippen LogP) is 1.56. The Balaban J connectivity index is 1.96. The lowest BCUT2D eigenvalue weighted by molar-refractivity contribution is -0.350. The maximum atomic E-state index is 11.7. The van der Waals surface area contributed by atoms with Gasteiger partial charge in [0.25, 0.3) is 0 Å². The first-order valence-electron chi connectivity index (χ1n) is 6.64. The van der Waals surface area contributed by atoms with Crippen LogP contribution < -0.4 is 5.73 Å². The largest absolute Gasteiger partial charge is 0.361 e. The van der Waals surface area contributed by atoms with Crippen LogP contribution in [-0.2, 0) is 32.5 Å². The zero-order chi connectivity index (χ0) is 15.8. The fourth-order valence-electron chi connectivity index (χ4n) is 1.66. The van der Waals surface area contributed by atoms with Crippen molar-refractivity contribution in [1.82, 2.24) is 5.23 Å². The first-order valence-corrected chi connectivity index (χ1v) is 6.64. The number of nitrogens with two attached hydrogens (primary N) is 1. The SMILES string of the molecule is NC(=O)C(=O)N(OCc1ccccc1)OCc1ccccc1. The summed E-state index contributed by atoms with van der Waals surface area (Å²) in [4.78, 5) is 33.2. The molecule has 2 N–H and O–H groups in total. The molecule has 0 aliphatic heterocycles. The number of hydrogen-bond acceptors (Lipinski definition) is 4. The molecule has 6 nitrogen and oxygen atoms in total. The second kappa shape index (κ2) is 7.92. The fourth-order valence-corrected chi connectivity index (χ4v) is 1.66. The van der Waals surface area contributed by atoms with Gasteiger partial charge in [0.15, 0.2) is 0 Å². The van der Waals surface area contributed by atoms with Gasteiger partial charge in [0.05, 0.1) is 0 Å². The third-order valence-corrected chi connectivity index (χ3v) is 2.76. The molecule has 114 valence electrons. The lowest BCUT2D eigenvalue weighted by Crippen LogP contribution is -2.40. The zero-order valence-electron chi connectivity index (χ0n) is 11.8. The molecule has 2 aromatic carbocycles. The lowest BCUT2D eigenvalue weighted by atomic mass is 10.2. The first-order chi connectivity index (χ1) is 10.7. The molecule has 0 saturated heterocycles. The van der Waals surface area contributed by atoms with E-state index in [0.29, 0.717) is 5.23 Å². The molecule has 0 heterocycles. The van der Waals surface area contributed by atoms with E-state index in [2.05, 4.69) is 0 Å². The molecule has 0 bridgehead atoms. The van der Waals surface area contributed by atoms with Crippen molar-refractivity contribution < 1.29 is 19.3 Å². The van der Waals surface area contributed by atoms with Gasteiger partial charge < -0.3 is 5.73 Å². The molecule has 6 heteroatoms. The van der Waals surface area contributed by atoms with Gasteiger partial charge in [-0.3, -0.25) is 9.59 Å². The first kappa shape index (κ1) is 15.7. The van der Waals surface area contributed by atoms with Crippen molar-refractivity contribution in [2.75, 3.05) is 0 Å². The number of benzene rings is 2. The molecular formula is C16H16N2O4. The van der Waals surface area contributed by atoms with Crippen molar-refractivity contribution in [3.8, 4) is 0 Å². The number of carbonyl (C=O) groups is 2. The van der Waals surface area contributed by atoms with Crippen molar-refractivity contribution in [1.29, 1.82) is 0 Å². The molecule has 0 saturated carbocycles. The summed E-state index contributed by atoms with van der Waals surface area (Å²) in [5.74, 6) is -2.21. The minimum absolute atomic E-state index is 0.0780. The summed E-state index contributed by atoms with van der Waals surface area (Å²) < 4.78 is 0. The number of hydrogen-bond donors (Lipinski definition) is 1. The van der Waals surface area contributed by atoms with E-state index in [4.69, 9.17) is 15.4 Å². The predicted molar refractivity (Wildman–Crippen MR) is 78.5 cm³/mol. The van der Waals surface area contributed by atoms with Crippen molar-refractivity contribution >= 4 is 11.8 Å². The van der Waals surface area contributed by atoms with Crippen LogP contribution in [0.3, 0.4) is 0 Å². The van der Waals surface area contributed by atoms with Crippen LogP contribution >= 0.6 is 0 Å². The molecule has 2 aromatic rings. The second-order valence-electron chi connectivity index (χ2n) is 4.44. The van der Waals surface area contributed by atoms with Crippen LogP contribution in [0.4, 0.5) is 0 Å². The summed E-state index contributed by atoms with van der Waals surface area (Å²) in [6.45, 7) is 0.156. The highest BCUT2D eigenvalue weighted by atomic mass is 17.0. The van der Waals surface area contributed by atoms with Gasteiger partial charge in [0.2, 0.25) is 0 Å². The number of primary amides is 1. The molecule has 0 atom stereocenters. The normalized spacial score (nSPS) is 10.2. The monoisotopic (exact) mass is 300 g/mol. The Labute approximate surface area is 128 Å². The lowest BCUT2D eigenvalue weighted by Gasteiger charge is -2.19. The molecule has 0 aliphatic carbocycles. The van der Waals surface area contributed by atoms with E-state index in [9.17, 15) is 9.59 Å². The van der Waals surface area contributed by atoms with Crippen LogP contribution in [0.2, 0.25) is 0 Å². The van der Waals surface area contributed by atoms with Crippen LogP contribution in [0.15, 0.2) is 60.7 Å². The maximum absolute atomic E-state index is 11.7. The van der Waals surface area contributed by atoms with Crippen LogP contribution in [0.25, 0.3) is 0 Å². The number of hydroxylamine groups is 2. The van der Waals surface area contributed by atoms with E-state index < -0.39 is 11.8 Å². The van der Waals surface area contributed by atoms with E-state index >= 15 is 0 Å². The molecule has 2 rings (SSSR count). The highest BCUT2D eigenvalue weighted by molar-refractivity contribution is 6.33. The quantitative estimate of drug-likeness (QED) is 0.648. The Morgan fingerprint density at radius 1 is 0.818 bits per heavy atom. The molecule has 0 radical (unpaired) electrons. The van der Waals surface area contributed by atoms with E-state index in [1.165, 1.54) is 0 Å². The number of nitrogens with zero attached hydrogens (tertiary/aromatic N) is 1. The summed E-state index contributed by atoms with van der Waals surface area (Å²) in [7, 11) is 0. The number of rotatable bonds is 6. The summed E-state index contributed by atoms with van der Waals surface area (Å²) in [6, 6.07) is 18.4. The molecule has 0 aromatic heterocycles. The Morgan fingerprint density at radius 3 is 1.59 bits per heavy atom. The van der Waals surface area contributed by atoms with Crippen LogP contribution in [0.1, 0.15) is 11.1 Å². The summed E-state index contributed by atoms with van der Waals surface area (Å²) in [5.41, 5.74) is 6.64. The summed E-state index contributed by atoms with van der Waals surface area (Å²) in [6.07, 6.45) is 0. The minimum Gasteiger partial charge on any atom is -0.361 e. The highest BCUT2D eigenvalue weighted by Gasteiger charge is 2.21. The molecule has 0 fully saturated rings. The molecule has 0 unspecified atom stereocenters. The maximum Gasteiger partial charge on any atom is 0.361 e. The van der Waals surface area contributed by atoms with Gasteiger partial charge in [-0.2, -0.15) is 0 Å². The van der Waals surface area contributed by atoms with Gasteiger partial charge >= 0.3 is 11.8 Å². The fraction of sp³-hybridized carbons (Fsp3) is 0.125. The van der Waals surface area contributed by atoms with Gasteiger partial charge in [-0.15, -0.1) is 0 Å². The third-order valence-electron chi connectivity index (χ3n) is 2.76. The van der Waals surface area contributed by atoms with E-state index in [1.807, 2.05) is 60.7 Å². The third kappa shape index (κ3) is 4.69. The molecular weight excluding hydrogens is 284 g/mol. The van der Waals surface area contributed by atoms with Crippen molar-refractivity contribution in [2.45, 2.75) is 13.2 Å². The van der Waals surface area contributed by atoms with Crippen LogP contribution in [-0.4, -0.2) is 17.0 Å². The highest BCUT2D eigenvalue weighted by Crippen LogP contribution is 2.07. The standard InChI is InChI=1S/C16H16N2O4/c17-15(19)16(20)18(21-11-13-7-3-1-4-8-13)22-12-14-9-5-2-6-10-14/h1-10H,11-12H2,(H2,17,19). The average molecular weight is 300 g/mol. The zero-order valence-corrected chi connectivity index (χ0v) is 11.8. The molecule has 0 spiro atoms. The Morgan fingerprint density at radius 2 is 1.23 bits per heavy atom. The van der Waals surface area contributed by atoms with Crippen LogP contribution in [0.5, 0.6) is 0 Å². The Kier molecular flexibility index (Phi) is 5.65. The Hall–Kier alpha value is -2.70. The second-order valence-corrected chi connectivity index (χ2v) is 4.44. The average Bonchev–Trinajstić information content (AvgIpc) is 2.56. The molecule has 2 amide bonds. The van der Waals surface area contributed by atoms with E-state index in [1.54, 1.807) is 0 Å².